The molecule has 2 aliphatic carbocycles. The second-order valence-corrected chi connectivity index (χ2v) is 15.0. The van der Waals surface area contributed by atoms with E-state index in [0.29, 0.717) is 73.0 Å². The van der Waals surface area contributed by atoms with Gasteiger partial charge in [-0.15, -0.1) is 0 Å². The van der Waals surface area contributed by atoms with Crippen LogP contribution in [-0.4, -0.2) is 68.6 Å². The molecule has 51 heavy (non-hydrogen) atoms. The number of ether oxygens (including phenoxy) is 1. The van der Waals surface area contributed by atoms with Gasteiger partial charge in [-0.1, -0.05) is 26.0 Å². The van der Waals surface area contributed by atoms with Gasteiger partial charge in [0.25, 0.3) is 0 Å². The number of aliphatic hydroxyl groups excluding tert-OH is 3. The summed E-state index contributed by atoms with van der Waals surface area (Å²) in [7, 11) is 0. The number of fused-ring (bicyclic) bond motifs is 1. The number of nitrogens with zero attached hydrogens (tertiary/aromatic N) is 4. The molecule has 0 spiro atoms. The summed E-state index contributed by atoms with van der Waals surface area (Å²) >= 11 is 0. The third-order valence-corrected chi connectivity index (χ3v) is 10.5. The van der Waals surface area contributed by atoms with Crippen LogP contribution in [0.4, 0.5) is 32.3 Å². The number of alkyl halides is 6. The lowest BCUT2D eigenvalue weighted by molar-refractivity contribution is -0.137. The molecule has 278 valence electrons. The Morgan fingerprint density at radius 3 is 2.18 bits per heavy atom. The van der Waals surface area contributed by atoms with Crippen molar-refractivity contribution in [3.8, 4) is 5.75 Å². The summed E-state index contributed by atoms with van der Waals surface area (Å²) in [4.78, 5) is 15.8. The van der Waals surface area contributed by atoms with Crippen molar-refractivity contribution in [2.24, 2.45) is 5.41 Å². The quantitative estimate of drug-likeness (QED) is 0.197. The number of rotatable bonds is 9. The first-order valence-corrected chi connectivity index (χ1v) is 17.5. The molecule has 1 aliphatic heterocycles. The van der Waals surface area contributed by atoms with E-state index < -0.39 is 48.6 Å². The molecule has 14 heteroatoms. The summed E-state index contributed by atoms with van der Waals surface area (Å²) < 4.78 is 91.8. The molecule has 3 atom stereocenters. The predicted octanol–water partition coefficient (Wildman–Crippen LogP) is 7.36. The molecule has 1 aromatic carbocycles. The Labute approximate surface area is 292 Å². The molecule has 6 rings (SSSR count). The highest BCUT2D eigenvalue weighted by Gasteiger charge is 2.44. The van der Waals surface area contributed by atoms with Gasteiger partial charge in [0, 0.05) is 48.7 Å². The molecule has 2 unspecified atom stereocenters. The summed E-state index contributed by atoms with van der Waals surface area (Å²) in [6.07, 6.45) is -4.33. The Kier molecular flexibility index (Phi) is 10.6. The lowest BCUT2D eigenvalue weighted by Gasteiger charge is -2.41. The fourth-order valence-corrected chi connectivity index (χ4v) is 7.86. The van der Waals surface area contributed by atoms with E-state index in [9.17, 15) is 32.2 Å². The van der Waals surface area contributed by atoms with Crippen molar-refractivity contribution in [2.45, 2.75) is 108 Å². The van der Waals surface area contributed by atoms with Crippen molar-refractivity contribution < 1.29 is 46.4 Å². The fourth-order valence-electron chi connectivity index (χ4n) is 7.86. The molecule has 3 N–H and O–H groups in total. The number of pyridine rings is 1. The number of hydrogen-bond donors (Lipinski definition) is 3. The summed E-state index contributed by atoms with van der Waals surface area (Å²) in [6, 6.07) is 3.92. The van der Waals surface area contributed by atoms with Crippen molar-refractivity contribution in [3.63, 3.8) is 0 Å². The lowest BCUT2D eigenvalue weighted by Crippen LogP contribution is -2.36. The van der Waals surface area contributed by atoms with Crippen molar-refractivity contribution in [1.82, 2.24) is 15.0 Å². The van der Waals surface area contributed by atoms with Gasteiger partial charge in [-0.3, -0.25) is 4.98 Å². The number of halogens is 6. The van der Waals surface area contributed by atoms with Gasteiger partial charge in [-0.05, 0) is 73.1 Å². The predicted molar refractivity (Wildman–Crippen MR) is 177 cm³/mol. The molecular formula is C37H44F6N4O4. The van der Waals surface area contributed by atoms with Gasteiger partial charge >= 0.3 is 6.18 Å². The van der Waals surface area contributed by atoms with E-state index in [0.717, 1.165) is 24.3 Å². The fraction of sp³-hybridized carbons (Fsp3) is 0.595. The number of anilines is 1. The molecule has 1 saturated heterocycles. The average molecular weight is 723 g/mol. The Hall–Kier alpha value is -3.49. The monoisotopic (exact) mass is 722 g/mol. The number of piperidine rings is 1. The minimum atomic E-state index is -4.61. The number of aliphatic hydroxyl groups is 3. The van der Waals surface area contributed by atoms with Crippen LogP contribution in [0.3, 0.4) is 0 Å². The van der Waals surface area contributed by atoms with Crippen LogP contribution in [0.15, 0.2) is 36.7 Å². The number of hydrogen-bond acceptors (Lipinski definition) is 8. The van der Waals surface area contributed by atoms with Crippen molar-refractivity contribution in [1.29, 1.82) is 0 Å². The van der Waals surface area contributed by atoms with E-state index in [4.69, 9.17) is 14.8 Å². The van der Waals surface area contributed by atoms with E-state index >= 15 is 4.39 Å². The van der Waals surface area contributed by atoms with E-state index in [2.05, 4.69) is 9.97 Å². The Morgan fingerprint density at radius 2 is 1.59 bits per heavy atom. The van der Waals surface area contributed by atoms with Crippen LogP contribution in [0.25, 0.3) is 0 Å². The minimum absolute atomic E-state index is 0.00123. The van der Waals surface area contributed by atoms with Crippen LogP contribution in [0, 0.1) is 5.41 Å². The van der Waals surface area contributed by atoms with E-state index in [1.807, 2.05) is 18.7 Å². The zero-order chi connectivity index (χ0) is 36.7. The standard InChI is InChI=1S/C37H44F6N4O4/c1-35(2)15-27-30(28(50)16-35)29(21-7-11-36(39,40)12-8-21)31(32(38)22-3-5-24(6-4-22)37(41,42)43)33(46-27)23-9-13-47(14-10-23)34-44-17-26(18-45-34)51-20-25(49)19-48/h3-6,17-18,21,23,25,28,32,48-50H,7-16,19-20H2,1-2H3/t25-,28?,32?/m0/s1. The van der Waals surface area contributed by atoms with Crippen LogP contribution >= 0.6 is 0 Å². The molecule has 2 aromatic heterocycles. The molecule has 8 nitrogen and oxygen atoms in total. The highest BCUT2D eigenvalue weighted by molar-refractivity contribution is 5.51. The van der Waals surface area contributed by atoms with Gasteiger partial charge in [0.15, 0.2) is 11.9 Å². The maximum absolute atomic E-state index is 17.2. The topological polar surface area (TPSA) is 112 Å². The van der Waals surface area contributed by atoms with Crippen molar-refractivity contribution in [2.75, 3.05) is 31.2 Å². The van der Waals surface area contributed by atoms with Crippen molar-refractivity contribution in [3.05, 3.63) is 75.9 Å². The second kappa shape index (κ2) is 14.5. The zero-order valence-corrected chi connectivity index (χ0v) is 28.6. The van der Waals surface area contributed by atoms with E-state index in [1.165, 1.54) is 12.4 Å². The smallest absolute Gasteiger partial charge is 0.416 e. The minimum Gasteiger partial charge on any atom is -0.488 e. The molecule has 2 fully saturated rings. The normalized spacial score (nSPS) is 22.3. The molecule has 0 radical (unpaired) electrons. The van der Waals surface area contributed by atoms with Gasteiger partial charge in [0.1, 0.15) is 12.7 Å². The highest BCUT2D eigenvalue weighted by atomic mass is 19.4. The Bertz CT molecular complexity index is 1650. The van der Waals surface area contributed by atoms with Crippen LogP contribution in [0.1, 0.15) is 122 Å². The highest BCUT2D eigenvalue weighted by Crippen LogP contribution is 2.52. The van der Waals surface area contributed by atoms with Crippen molar-refractivity contribution >= 4 is 5.95 Å². The van der Waals surface area contributed by atoms with Crippen LogP contribution < -0.4 is 9.64 Å². The molecule has 1 saturated carbocycles. The summed E-state index contributed by atoms with van der Waals surface area (Å²) in [5, 5.41) is 30.1. The maximum atomic E-state index is 17.2. The first-order valence-electron chi connectivity index (χ1n) is 17.5. The summed E-state index contributed by atoms with van der Waals surface area (Å²) in [5.41, 5.74) is 1.01. The maximum Gasteiger partial charge on any atom is 0.416 e. The number of aromatic nitrogens is 3. The molecule has 0 amide bonds. The average Bonchev–Trinajstić information content (AvgIpc) is 3.09. The third-order valence-electron chi connectivity index (χ3n) is 10.5. The number of benzene rings is 1. The summed E-state index contributed by atoms with van der Waals surface area (Å²) in [6.45, 7) is 4.41. The SMILES string of the molecule is CC1(C)Cc2nc(C3CCN(c4ncc(OC[C@@H](O)CO)cn4)CC3)c(C(F)c3ccc(C(F)(F)F)cc3)c(C3CCC(F)(F)CC3)c2C(O)C1. The Balaban J connectivity index is 1.38. The van der Waals surface area contributed by atoms with Gasteiger partial charge in [0.05, 0.1) is 36.4 Å². The van der Waals surface area contributed by atoms with Gasteiger partial charge in [-0.2, -0.15) is 13.2 Å². The zero-order valence-electron chi connectivity index (χ0n) is 28.6. The molecular weight excluding hydrogens is 678 g/mol. The largest absolute Gasteiger partial charge is 0.488 e. The van der Waals surface area contributed by atoms with Crippen LogP contribution in [-0.2, 0) is 12.6 Å². The summed E-state index contributed by atoms with van der Waals surface area (Å²) in [5.74, 6) is -2.85. The molecule has 3 aromatic rings. The Morgan fingerprint density at radius 1 is 0.961 bits per heavy atom. The van der Waals surface area contributed by atoms with Crippen LogP contribution in [0.5, 0.6) is 5.75 Å². The second-order valence-electron chi connectivity index (χ2n) is 15.0. The molecule has 3 heterocycles. The lowest BCUT2D eigenvalue weighted by atomic mass is 9.68. The molecule has 3 aliphatic rings. The third kappa shape index (κ3) is 8.28. The molecule has 0 bridgehead atoms. The van der Waals surface area contributed by atoms with E-state index in [-0.39, 0.29) is 54.7 Å². The first-order chi connectivity index (χ1) is 24.0. The van der Waals surface area contributed by atoms with Crippen LogP contribution in [0.2, 0.25) is 0 Å². The first kappa shape index (κ1) is 37.3. The van der Waals surface area contributed by atoms with Gasteiger partial charge in [-0.25, -0.2) is 23.1 Å². The van der Waals surface area contributed by atoms with Gasteiger partial charge in [0.2, 0.25) is 11.9 Å². The van der Waals surface area contributed by atoms with Gasteiger partial charge < -0.3 is 25.0 Å². The van der Waals surface area contributed by atoms with E-state index in [1.54, 1.807) is 0 Å².